The third-order valence-corrected chi connectivity index (χ3v) is 5.75. The van der Waals surface area contributed by atoms with Gasteiger partial charge in [-0.05, 0) is 50.0 Å². The number of likely N-dealkylation sites (N-methyl/N-ethyl adjacent to an activating group) is 1. The number of rotatable bonds is 7. The number of para-hydroxylation sites is 1. The van der Waals surface area contributed by atoms with E-state index in [1.807, 2.05) is 39.0 Å². The van der Waals surface area contributed by atoms with Gasteiger partial charge in [-0.2, -0.15) is 0 Å². The number of hydrogen-bond donors (Lipinski definition) is 2. The fourth-order valence-electron chi connectivity index (χ4n) is 3.66. The Kier molecular flexibility index (Phi) is 7.53. The van der Waals surface area contributed by atoms with Crippen LogP contribution in [0.2, 0.25) is 0 Å². The molecule has 7 nitrogen and oxygen atoms in total. The predicted octanol–water partition coefficient (Wildman–Crippen LogP) is 4.10. The van der Waals surface area contributed by atoms with Gasteiger partial charge >= 0.3 is 0 Å². The highest BCUT2D eigenvalue weighted by Crippen LogP contribution is 2.31. The van der Waals surface area contributed by atoms with Gasteiger partial charge in [0.25, 0.3) is 0 Å². The molecule has 0 radical (unpaired) electrons. The van der Waals surface area contributed by atoms with Gasteiger partial charge < -0.3 is 15.0 Å². The van der Waals surface area contributed by atoms with Crippen molar-refractivity contribution in [3.63, 3.8) is 0 Å². The van der Waals surface area contributed by atoms with E-state index in [9.17, 15) is 9.59 Å². The summed E-state index contributed by atoms with van der Waals surface area (Å²) in [6.45, 7) is 11.4. The van der Waals surface area contributed by atoms with Crippen LogP contribution in [0, 0.1) is 0 Å². The average Bonchev–Trinajstić information content (AvgIpc) is 2.88. The van der Waals surface area contributed by atoms with Gasteiger partial charge in [0.05, 0.1) is 12.1 Å². The molecule has 2 aromatic rings. The Balaban J connectivity index is 1.72. The summed E-state index contributed by atoms with van der Waals surface area (Å²) < 4.78 is 5.92. The molecular formula is C26H34N4O3. The van der Waals surface area contributed by atoms with Crippen LogP contribution >= 0.6 is 0 Å². The molecule has 0 saturated heterocycles. The van der Waals surface area contributed by atoms with Crippen molar-refractivity contribution in [2.24, 2.45) is 0 Å². The molecule has 0 aliphatic carbocycles. The fraction of sp³-hybridized carbons (Fsp3) is 0.423. The first-order chi connectivity index (χ1) is 15.6. The van der Waals surface area contributed by atoms with Gasteiger partial charge in [0, 0.05) is 43.5 Å². The molecule has 0 unspecified atom stereocenters. The van der Waals surface area contributed by atoms with Gasteiger partial charge in [-0.25, -0.2) is 4.98 Å². The number of fused-ring (bicyclic) bond motifs is 1. The van der Waals surface area contributed by atoms with Crippen LogP contribution < -0.4 is 15.4 Å². The Labute approximate surface area is 196 Å². The maximum atomic E-state index is 12.8. The SMILES string of the molecule is CCOc1c(CN(C)C(=O)C=Cc2cnc3c(c2)CNC(C)(C)C(=O)N3)cccc1C(C)C. The number of ether oxygens (including phenoxy) is 1. The van der Waals surface area contributed by atoms with Crippen LogP contribution in [0.1, 0.15) is 62.8 Å². The zero-order valence-corrected chi connectivity index (χ0v) is 20.4. The van der Waals surface area contributed by atoms with Crippen LogP contribution in [0.15, 0.2) is 36.5 Å². The largest absolute Gasteiger partial charge is 0.493 e. The Morgan fingerprint density at radius 1 is 1.33 bits per heavy atom. The third kappa shape index (κ3) is 5.79. The quantitative estimate of drug-likeness (QED) is 0.621. The highest BCUT2D eigenvalue weighted by molar-refractivity contribution is 5.98. The van der Waals surface area contributed by atoms with Gasteiger partial charge in [-0.1, -0.05) is 32.0 Å². The summed E-state index contributed by atoms with van der Waals surface area (Å²) in [5, 5.41) is 6.08. The van der Waals surface area contributed by atoms with Crippen LogP contribution in [-0.2, 0) is 22.7 Å². The van der Waals surface area contributed by atoms with Gasteiger partial charge in [0.15, 0.2) is 0 Å². The number of nitrogens with zero attached hydrogens (tertiary/aromatic N) is 2. The molecule has 0 bridgehead atoms. The van der Waals surface area contributed by atoms with E-state index in [1.165, 1.54) is 0 Å². The van der Waals surface area contributed by atoms with E-state index in [-0.39, 0.29) is 11.8 Å². The number of carbonyl (C=O) groups excluding carboxylic acids is 2. The van der Waals surface area contributed by atoms with Crippen LogP contribution in [0.5, 0.6) is 5.75 Å². The van der Waals surface area contributed by atoms with Crippen molar-refractivity contribution < 1.29 is 14.3 Å². The standard InChI is InChI=1S/C26H34N4O3/c1-7-33-23-19(9-8-10-21(23)17(2)3)16-30(6)22(31)12-11-18-13-20-15-28-26(4,5)25(32)29-24(20)27-14-18/h8-14,17,28H,7,15-16H2,1-6H3,(H,27,29,32). The van der Waals surface area contributed by atoms with Crippen LogP contribution in [0.3, 0.4) is 0 Å². The van der Waals surface area contributed by atoms with Crippen molar-refractivity contribution >= 4 is 23.7 Å². The Morgan fingerprint density at radius 3 is 2.79 bits per heavy atom. The maximum absolute atomic E-state index is 12.8. The summed E-state index contributed by atoms with van der Waals surface area (Å²) >= 11 is 0. The van der Waals surface area contributed by atoms with Crippen LogP contribution in [-0.4, -0.2) is 40.9 Å². The molecule has 0 atom stereocenters. The Bertz CT molecular complexity index is 1060. The van der Waals surface area contributed by atoms with Crippen molar-refractivity contribution in [3.8, 4) is 5.75 Å². The van der Waals surface area contributed by atoms with Gasteiger partial charge in [-0.15, -0.1) is 0 Å². The van der Waals surface area contributed by atoms with E-state index < -0.39 is 5.54 Å². The molecule has 0 spiro atoms. The molecule has 7 heteroatoms. The first kappa shape index (κ1) is 24.5. The van der Waals surface area contributed by atoms with Crippen molar-refractivity contribution in [2.45, 2.75) is 59.2 Å². The topological polar surface area (TPSA) is 83.6 Å². The lowest BCUT2D eigenvalue weighted by Gasteiger charge is -2.21. The van der Waals surface area contributed by atoms with Crippen molar-refractivity contribution in [1.82, 2.24) is 15.2 Å². The molecule has 0 fully saturated rings. The second-order valence-electron chi connectivity index (χ2n) is 9.16. The minimum Gasteiger partial charge on any atom is -0.493 e. The zero-order chi connectivity index (χ0) is 24.2. The number of amides is 2. The summed E-state index contributed by atoms with van der Waals surface area (Å²) in [5.74, 6) is 1.51. The van der Waals surface area contributed by atoms with E-state index >= 15 is 0 Å². The second-order valence-corrected chi connectivity index (χ2v) is 9.16. The monoisotopic (exact) mass is 450 g/mol. The number of aromatic nitrogens is 1. The molecule has 1 aromatic carbocycles. The second kappa shape index (κ2) is 10.2. The average molecular weight is 451 g/mol. The van der Waals surface area contributed by atoms with E-state index in [2.05, 4.69) is 35.5 Å². The molecule has 2 amide bonds. The van der Waals surface area contributed by atoms with Crippen molar-refractivity contribution in [1.29, 1.82) is 0 Å². The first-order valence-electron chi connectivity index (χ1n) is 11.4. The molecule has 176 valence electrons. The highest BCUT2D eigenvalue weighted by atomic mass is 16.5. The van der Waals surface area contributed by atoms with E-state index in [4.69, 9.17) is 4.74 Å². The first-order valence-corrected chi connectivity index (χ1v) is 11.4. The number of hydrogen-bond acceptors (Lipinski definition) is 5. The predicted molar refractivity (Wildman–Crippen MR) is 131 cm³/mol. The molecule has 33 heavy (non-hydrogen) atoms. The van der Waals surface area contributed by atoms with Crippen molar-refractivity contribution in [2.75, 3.05) is 19.0 Å². The maximum Gasteiger partial charge on any atom is 0.246 e. The molecule has 0 saturated carbocycles. The van der Waals surface area contributed by atoms with E-state index in [1.54, 1.807) is 30.3 Å². The van der Waals surface area contributed by atoms with Crippen LogP contribution in [0.25, 0.3) is 6.08 Å². The minimum atomic E-state index is -0.678. The number of nitrogens with one attached hydrogen (secondary N) is 2. The molecule has 2 N–H and O–H groups in total. The lowest BCUT2D eigenvalue weighted by Crippen LogP contribution is -2.47. The van der Waals surface area contributed by atoms with Gasteiger partial charge in [0.1, 0.15) is 11.6 Å². The van der Waals surface area contributed by atoms with E-state index in [0.717, 1.165) is 28.0 Å². The summed E-state index contributed by atoms with van der Waals surface area (Å²) in [6.07, 6.45) is 4.95. The Morgan fingerprint density at radius 2 is 2.09 bits per heavy atom. The van der Waals surface area contributed by atoms with Gasteiger partial charge in [-0.3, -0.25) is 14.9 Å². The number of anilines is 1. The minimum absolute atomic E-state index is 0.116. The summed E-state index contributed by atoms with van der Waals surface area (Å²) in [7, 11) is 1.78. The molecule has 3 rings (SSSR count). The summed E-state index contributed by atoms with van der Waals surface area (Å²) in [5.41, 5.74) is 3.13. The Hall–Kier alpha value is -3.19. The number of pyridine rings is 1. The molecule has 1 aromatic heterocycles. The lowest BCUT2D eigenvalue weighted by atomic mass is 9.99. The van der Waals surface area contributed by atoms with Crippen LogP contribution in [0.4, 0.5) is 5.82 Å². The molecular weight excluding hydrogens is 416 g/mol. The fourth-order valence-corrected chi connectivity index (χ4v) is 3.66. The highest BCUT2D eigenvalue weighted by Gasteiger charge is 2.30. The number of benzene rings is 1. The molecule has 2 heterocycles. The van der Waals surface area contributed by atoms with E-state index in [0.29, 0.717) is 31.4 Å². The molecule has 1 aliphatic rings. The third-order valence-electron chi connectivity index (χ3n) is 5.75. The summed E-state index contributed by atoms with van der Waals surface area (Å²) in [6, 6.07) is 8.02. The van der Waals surface area contributed by atoms with Gasteiger partial charge in [0.2, 0.25) is 11.8 Å². The van der Waals surface area contributed by atoms with Crippen molar-refractivity contribution in [3.05, 3.63) is 58.8 Å². The molecule has 1 aliphatic heterocycles. The smallest absolute Gasteiger partial charge is 0.246 e. The normalized spacial score (nSPS) is 15.2. The summed E-state index contributed by atoms with van der Waals surface area (Å²) in [4.78, 5) is 31.1. The zero-order valence-electron chi connectivity index (χ0n) is 20.4. The number of carbonyl (C=O) groups is 2. The lowest BCUT2D eigenvalue weighted by molar-refractivity contribution is -0.125.